The van der Waals surface area contributed by atoms with Crippen LogP contribution in [0.5, 0.6) is 5.75 Å². The standard InChI is InChI=1S/C21H21N5O/c1-14-9-20(26-18-10-17(23-3)12-24-19(18)11-22)25-15(2)21(14)27-13-16-7-5-4-6-8-16/h4-10,12,23H,13H2,1-3H3,(H,25,26). The number of aromatic nitrogens is 2. The number of nitrogens with zero attached hydrogens (tertiary/aromatic N) is 3. The molecule has 27 heavy (non-hydrogen) atoms. The fourth-order valence-electron chi connectivity index (χ4n) is 2.76. The van der Waals surface area contributed by atoms with Crippen LogP contribution in [0.25, 0.3) is 0 Å². The molecule has 0 saturated carbocycles. The first kappa shape index (κ1) is 18.2. The molecule has 2 heterocycles. The van der Waals surface area contributed by atoms with Gasteiger partial charge in [-0.3, -0.25) is 0 Å². The van der Waals surface area contributed by atoms with E-state index in [0.29, 0.717) is 23.8 Å². The maximum Gasteiger partial charge on any atom is 0.164 e. The maximum absolute atomic E-state index is 9.28. The van der Waals surface area contributed by atoms with Crippen LogP contribution in [0.15, 0.2) is 48.7 Å². The molecule has 0 atom stereocenters. The topological polar surface area (TPSA) is 82.9 Å². The molecule has 6 nitrogen and oxygen atoms in total. The predicted octanol–water partition coefficient (Wildman–Crippen LogP) is 4.33. The number of aryl methyl sites for hydroxylation is 2. The summed E-state index contributed by atoms with van der Waals surface area (Å²) in [5, 5.41) is 15.5. The van der Waals surface area contributed by atoms with Crippen molar-refractivity contribution in [1.29, 1.82) is 5.26 Å². The first-order chi connectivity index (χ1) is 13.1. The van der Waals surface area contributed by atoms with E-state index >= 15 is 0 Å². The van der Waals surface area contributed by atoms with E-state index in [2.05, 4.69) is 26.7 Å². The Balaban J connectivity index is 1.82. The smallest absolute Gasteiger partial charge is 0.164 e. The summed E-state index contributed by atoms with van der Waals surface area (Å²) >= 11 is 0. The van der Waals surface area contributed by atoms with Crippen LogP contribution in [0.3, 0.4) is 0 Å². The third-order valence-corrected chi connectivity index (χ3v) is 4.10. The second-order valence-corrected chi connectivity index (χ2v) is 6.12. The maximum atomic E-state index is 9.28. The Bertz CT molecular complexity index is 957. The summed E-state index contributed by atoms with van der Waals surface area (Å²) in [6, 6.07) is 15.8. The highest BCUT2D eigenvalue weighted by Crippen LogP contribution is 2.28. The summed E-state index contributed by atoms with van der Waals surface area (Å²) < 4.78 is 5.98. The minimum Gasteiger partial charge on any atom is -0.487 e. The average molecular weight is 359 g/mol. The minimum absolute atomic E-state index is 0.315. The van der Waals surface area contributed by atoms with E-state index in [1.165, 1.54) is 0 Å². The molecule has 0 aliphatic heterocycles. The highest BCUT2D eigenvalue weighted by Gasteiger charge is 2.11. The summed E-state index contributed by atoms with van der Waals surface area (Å²) in [6.45, 7) is 4.38. The van der Waals surface area contributed by atoms with Crippen molar-refractivity contribution >= 4 is 17.2 Å². The number of nitrogens with one attached hydrogen (secondary N) is 2. The molecule has 2 aromatic heterocycles. The predicted molar refractivity (Wildman–Crippen MR) is 106 cm³/mol. The lowest BCUT2D eigenvalue weighted by molar-refractivity contribution is 0.300. The molecule has 0 amide bonds. The number of ether oxygens (including phenoxy) is 1. The zero-order valence-corrected chi connectivity index (χ0v) is 15.6. The van der Waals surface area contributed by atoms with Gasteiger partial charge in [-0.1, -0.05) is 30.3 Å². The van der Waals surface area contributed by atoms with Crippen LogP contribution < -0.4 is 15.4 Å². The Morgan fingerprint density at radius 1 is 1.15 bits per heavy atom. The van der Waals surface area contributed by atoms with E-state index in [1.54, 1.807) is 13.2 Å². The summed E-state index contributed by atoms with van der Waals surface area (Å²) in [4.78, 5) is 8.73. The molecule has 0 radical (unpaired) electrons. The molecule has 0 fully saturated rings. The number of nitriles is 1. The Morgan fingerprint density at radius 2 is 1.93 bits per heavy atom. The Hall–Kier alpha value is -3.59. The molecular formula is C21H21N5O. The second-order valence-electron chi connectivity index (χ2n) is 6.12. The number of pyridine rings is 2. The molecule has 0 bridgehead atoms. The van der Waals surface area contributed by atoms with Crippen LogP contribution in [-0.2, 0) is 6.61 Å². The van der Waals surface area contributed by atoms with Gasteiger partial charge in [-0.25, -0.2) is 9.97 Å². The van der Waals surface area contributed by atoms with Crippen molar-refractivity contribution in [2.24, 2.45) is 0 Å². The fourth-order valence-corrected chi connectivity index (χ4v) is 2.76. The first-order valence-electron chi connectivity index (χ1n) is 8.60. The van der Waals surface area contributed by atoms with Crippen LogP contribution >= 0.6 is 0 Å². The number of benzene rings is 1. The molecule has 0 unspecified atom stereocenters. The number of hydrogen-bond acceptors (Lipinski definition) is 6. The van der Waals surface area contributed by atoms with Crippen LogP contribution in [0.4, 0.5) is 17.2 Å². The quantitative estimate of drug-likeness (QED) is 0.682. The van der Waals surface area contributed by atoms with Gasteiger partial charge in [0.25, 0.3) is 0 Å². The van der Waals surface area contributed by atoms with Gasteiger partial charge >= 0.3 is 0 Å². The van der Waals surface area contributed by atoms with Crippen molar-refractivity contribution in [3.8, 4) is 11.8 Å². The van der Waals surface area contributed by atoms with Gasteiger partial charge in [0.2, 0.25) is 0 Å². The lowest BCUT2D eigenvalue weighted by Crippen LogP contribution is -2.04. The average Bonchev–Trinajstić information content (AvgIpc) is 2.68. The van der Waals surface area contributed by atoms with Gasteiger partial charge in [-0.05, 0) is 37.1 Å². The van der Waals surface area contributed by atoms with E-state index < -0.39 is 0 Å². The molecule has 3 aromatic rings. The van der Waals surface area contributed by atoms with E-state index in [0.717, 1.165) is 28.3 Å². The summed E-state index contributed by atoms with van der Waals surface area (Å²) in [6.07, 6.45) is 1.62. The van der Waals surface area contributed by atoms with Gasteiger partial charge in [0.1, 0.15) is 24.2 Å². The van der Waals surface area contributed by atoms with E-state index in [9.17, 15) is 5.26 Å². The summed E-state index contributed by atoms with van der Waals surface area (Å²) in [5.74, 6) is 1.41. The third kappa shape index (κ3) is 4.33. The molecule has 3 rings (SSSR count). The third-order valence-electron chi connectivity index (χ3n) is 4.10. The van der Waals surface area contributed by atoms with Gasteiger partial charge in [0, 0.05) is 7.05 Å². The minimum atomic E-state index is 0.315. The normalized spacial score (nSPS) is 10.1. The zero-order chi connectivity index (χ0) is 19.2. The molecule has 0 saturated heterocycles. The van der Waals surface area contributed by atoms with Gasteiger partial charge in [-0.15, -0.1) is 0 Å². The van der Waals surface area contributed by atoms with Crippen LogP contribution in [-0.4, -0.2) is 17.0 Å². The fraction of sp³-hybridized carbons (Fsp3) is 0.190. The Morgan fingerprint density at radius 3 is 2.59 bits per heavy atom. The Labute approximate surface area is 158 Å². The number of rotatable bonds is 6. The van der Waals surface area contributed by atoms with Gasteiger partial charge in [0.05, 0.1) is 23.3 Å². The largest absolute Gasteiger partial charge is 0.487 e. The zero-order valence-electron chi connectivity index (χ0n) is 15.6. The van der Waals surface area contributed by atoms with Crippen molar-refractivity contribution in [1.82, 2.24) is 9.97 Å². The summed E-state index contributed by atoms with van der Waals surface area (Å²) in [7, 11) is 1.80. The lowest BCUT2D eigenvalue weighted by Gasteiger charge is -2.15. The van der Waals surface area contributed by atoms with Gasteiger partial charge in [0.15, 0.2) is 5.69 Å². The highest BCUT2D eigenvalue weighted by molar-refractivity contribution is 5.67. The molecule has 136 valence electrons. The van der Waals surface area contributed by atoms with Crippen LogP contribution in [0, 0.1) is 25.2 Å². The highest BCUT2D eigenvalue weighted by atomic mass is 16.5. The second kappa shape index (κ2) is 8.19. The Kier molecular flexibility index (Phi) is 5.53. The molecule has 0 spiro atoms. The molecular weight excluding hydrogens is 338 g/mol. The van der Waals surface area contributed by atoms with Crippen LogP contribution in [0.2, 0.25) is 0 Å². The van der Waals surface area contributed by atoms with Crippen molar-refractivity contribution in [3.05, 3.63) is 71.2 Å². The molecule has 2 N–H and O–H groups in total. The van der Waals surface area contributed by atoms with E-state index in [-0.39, 0.29) is 0 Å². The molecule has 0 aliphatic carbocycles. The van der Waals surface area contributed by atoms with Crippen molar-refractivity contribution < 1.29 is 4.74 Å². The number of anilines is 3. The van der Waals surface area contributed by atoms with Crippen molar-refractivity contribution in [2.45, 2.75) is 20.5 Å². The van der Waals surface area contributed by atoms with E-state index in [4.69, 9.17) is 4.74 Å². The summed E-state index contributed by atoms with van der Waals surface area (Å²) in [5.41, 5.74) is 4.59. The first-order valence-corrected chi connectivity index (χ1v) is 8.60. The molecule has 1 aromatic carbocycles. The molecule has 6 heteroatoms. The van der Waals surface area contributed by atoms with Crippen molar-refractivity contribution in [3.63, 3.8) is 0 Å². The van der Waals surface area contributed by atoms with Gasteiger partial charge < -0.3 is 15.4 Å². The van der Waals surface area contributed by atoms with Crippen molar-refractivity contribution in [2.75, 3.05) is 17.7 Å². The lowest BCUT2D eigenvalue weighted by atomic mass is 10.2. The van der Waals surface area contributed by atoms with E-state index in [1.807, 2.05) is 56.3 Å². The number of hydrogen-bond donors (Lipinski definition) is 2. The van der Waals surface area contributed by atoms with Crippen LogP contribution in [0.1, 0.15) is 22.5 Å². The van der Waals surface area contributed by atoms with Gasteiger partial charge in [-0.2, -0.15) is 5.26 Å². The SMILES string of the molecule is CNc1cnc(C#N)c(Nc2cc(C)c(OCc3ccccc3)c(C)n2)c1. The molecule has 0 aliphatic rings. The monoisotopic (exact) mass is 359 g/mol.